The Hall–Kier alpha value is -2.10. The van der Waals surface area contributed by atoms with Crippen LogP contribution in [-0.2, 0) is 9.53 Å². The quantitative estimate of drug-likeness (QED) is 0.588. The van der Waals surface area contributed by atoms with E-state index in [9.17, 15) is 31.5 Å². The summed E-state index contributed by atoms with van der Waals surface area (Å²) in [5.74, 6) is -5.28. The van der Waals surface area contributed by atoms with Gasteiger partial charge in [-0.25, -0.2) is 13.6 Å². The van der Waals surface area contributed by atoms with Crippen molar-refractivity contribution in [2.24, 2.45) is 11.8 Å². The van der Waals surface area contributed by atoms with Crippen molar-refractivity contribution in [2.75, 3.05) is 6.54 Å². The number of hydrogen-bond acceptors (Lipinski definition) is 3. The summed E-state index contributed by atoms with van der Waals surface area (Å²) in [7, 11) is 0. The fourth-order valence-corrected chi connectivity index (χ4v) is 3.38. The number of hydrogen-bond donors (Lipinski definition) is 2. The maximum Gasteiger partial charge on any atom is 0.408 e. The molecule has 1 aliphatic heterocycles. The van der Waals surface area contributed by atoms with Crippen molar-refractivity contribution in [1.82, 2.24) is 10.6 Å². The Morgan fingerprint density at radius 3 is 2.52 bits per heavy atom. The number of alkyl halides is 3. The fraction of sp³-hybridized carbons (Fsp3) is 0.500. The van der Waals surface area contributed by atoms with Crippen LogP contribution in [0, 0.1) is 23.5 Å². The number of ether oxygens (including phenoxy) is 1. The summed E-state index contributed by atoms with van der Waals surface area (Å²) in [6.07, 6.45) is -7.06. The Morgan fingerprint density at radius 1 is 1.30 bits per heavy atom. The molecule has 0 spiro atoms. The van der Waals surface area contributed by atoms with E-state index in [1.165, 1.54) is 0 Å². The van der Waals surface area contributed by atoms with Gasteiger partial charge in [0.2, 0.25) is 0 Å². The van der Waals surface area contributed by atoms with Gasteiger partial charge in [0, 0.05) is 5.56 Å². The molecule has 11 heteroatoms. The van der Waals surface area contributed by atoms with Crippen molar-refractivity contribution in [2.45, 2.75) is 31.2 Å². The van der Waals surface area contributed by atoms with Crippen molar-refractivity contribution < 1.29 is 36.3 Å². The minimum atomic E-state index is -4.39. The summed E-state index contributed by atoms with van der Waals surface area (Å²) >= 11 is 5.55. The van der Waals surface area contributed by atoms with Crippen molar-refractivity contribution in [3.05, 3.63) is 34.4 Å². The maximum atomic E-state index is 14.4. The third-order valence-corrected chi connectivity index (χ3v) is 5.13. The van der Waals surface area contributed by atoms with E-state index in [-0.39, 0.29) is 24.9 Å². The predicted octanol–water partition coefficient (Wildman–Crippen LogP) is 3.47. The third kappa shape index (κ3) is 3.95. The molecule has 2 aliphatic rings. The lowest BCUT2D eigenvalue weighted by Crippen LogP contribution is -2.47. The Bertz CT molecular complexity index is 767. The van der Waals surface area contributed by atoms with Crippen molar-refractivity contribution in [3.8, 4) is 0 Å². The average molecular weight is 413 g/mol. The lowest BCUT2D eigenvalue weighted by molar-refractivity contribution is -0.207. The molecule has 5 nitrogen and oxygen atoms in total. The van der Waals surface area contributed by atoms with Gasteiger partial charge in [-0.15, -0.1) is 0 Å². The number of benzene rings is 1. The average Bonchev–Trinajstić information content (AvgIpc) is 2.96. The Morgan fingerprint density at radius 2 is 1.96 bits per heavy atom. The van der Waals surface area contributed by atoms with Gasteiger partial charge in [0.25, 0.3) is 5.91 Å². The molecule has 1 saturated heterocycles. The summed E-state index contributed by atoms with van der Waals surface area (Å²) < 4.78 is 70.9. The van der Waals surface area contributed by atoms with Gasteiger partial charge in [-0.05, 0) is 24.8 Å². The number of alkyl carbamates (subject to hydrolysis) is 1. The van der Waals surface area contributed by atoms with E-state index < -0.39 is 58.8 Å². The summed E-state index contributed by atoms with van der Waals surface area (Å²) in [6.45, 7) is -0.125. The van der Waals surface area contributed by atoms with Crippen molar-refractivity contribution in [3.63, 3.8) is 0 Å². The van der Waals surface area contributed by atoms with Crippen LogP contribution < -0.4 is 10.6 Å². The molecule has 2 amide bonds. The van der Waals surface area contributed by atoms with E-state index in [2.05, 4.69) is 10.6 Å². The number of amides is 2. The lowest BCUT2D eigenvalue weighted by atomic mass is 9.69. The predicted molar refractivity (Wildman–Crippen MR) is 82.8 cm³/mol. The van der Waals surface area contributed by atoms with Crippen LogP contribution in [0.15, 0.2) is 12.1 Å². The summed E-state index contributed by atoms with van der Waals surface area (Å²) in [6, 6.07) is 0.728. The zero-order valence-electron chi connectivity index (χ0n) is 13.6. The summed E-state index contributed by atoms with van der Waals surface area (Å²) in [5, 5.41) is 3.86. The van der Waals surface area contributed by atoms with Crippen molar-refractivity contribution in [1.29, 1.82) is 0 Å². The number of carbonyl (C=O) groups excluding carboxylic acids is 2. The molecule has 0 unspecified atom stereocenters. The van der Waals surface area contributed by atoms with Gasteiger partial charge in [0.05, 0.1) is 18.5 Å². The van der Waals surface area contributed by atoms with Crippen LogP contribution in [0.3, 0.4) is 0 Å². The Labute approximate surface area is 155 Å². The zero-order valence-corrected chi connectivity index (χ0v) is 14.3. The molecule has 2 fully saturated rings. The number of rotatable bonds is 4. The first-order chi connectivity index (χ1) is 12.6. The molecular formula is C16H14ClF5N2O3. The van der Waals surface area contributed by atoms with Gasteiger partial charge >= 0.3 is 12.3 Å². The molecule has 1 aromatic carbocycles. The van der Waals surface area contributed by atoms with Gasteiger partial charge in [-0.3, -0.25) is 4.79 Å². The number of nitrogens with one attached hydrogen (secondary N) is 2. The molecule has 1 saturated carbocycles. The molecule has 27 heavy (non-hydrogen) atoms. The highest BCUT2D eigenvalue weighted by atomic mass is 35.5. The molecule has 148 valence electrons. The van der Waals surface area contributed by atoms with Gasteiger partial charge in [-0.1, -0.05) is 17.7 Å². The third-order valence-electron chi connectivity index (χ3n) is 4.78. The van der Waals surface area contributed by atoms with Crippen LogP contribution in [0.4, 0.5) is 26.7 Å². The second kappa shape index (κ2) is 7.14. The Balaban J connectivity index is 1.83. The molecule has 2 atom stereocenters. The number of halogens is 6. The van der Waals surface area contributed by atoms with Crippen LogP contribution in [0.5, 0.6) is 0 Å². The lowest BCUT2D eigenvalue weighted by Gasteiger charge is -2.41. The highest BCUT2D eigenvalue weighted by Crippen LogP contribution is 2.50. The summed E-state index contributed by atoms with van der Waals surface area (Å²) in [5.41, 5.74) is -0.224. The van der Waals surface area contributed by atoms with Crippen LogP contribution in [0.25, 0.3) is 0 Å². The number of carbonyl (C=O) groups is 2. The molecule has 2 N–H and O–H groups in total. The van der Waals surface area contributed by atoms with Gasteiger partial charge in [0.1, 0.15) is 16.7 Å². The monoisotopic (exact) mass is 412 g/mol. The minimum Gasteiger partial charge on any atom is -0.434 e. The molecule has 1 heterocycles. The molecule has 0 aromatic heterocycles. The van der Waals surface area contributed by atoms with Crippen LogP contribution in [0.1, 0.15) is 24.4 Å². The van der Waals surface area contributed by atoms with E-state index >= 15 is 0 Å². The zero-order chi connectivity index (χ0) is 19.9. The minimum absolute atomic E-state index is 0.125. The molecule has 0 bridgehead atoms. The normalized spacial score (nSPS) is 26.0. The highest BCUT2D eigenvalue weighted by Gasteiger charge is 2.51. The van der Waals surface area contributed by atoms with Crippen LogP contribution in [0.2, 0.25) is 5.02 Å². The van der Waals surface area contributed by atoms with E-state index in [0.29, 0.717) is 0 Å². The fourth-order valence-electron chi connectivity index (χ4n) is 3.21. The first kappa shape index (κ1) is 19.7. The first-order valence-electron chi connectivity index (χ1n) is 8.03. The SMILES string of the molecule is O=C1NC[C@@H](C(=O)N[C@H](c2ccc(F)c(Cl)c2F)[C@H]2C[C@H](C(F)(F)F)C2)O1. The smallest absolute Gasteiger partial charge is 0.408 e. The second-order valence-corrected chi connectivity index (χ2v) is 6.87. The standard InChI is InChI=1S/C16H14ClF5N2O3/c17-11-9(18)2-1-8(12(11)19)13(6-3-7(4-6)16(20,21)22)24-14(25)10-5-23-15(26)27-10/h1-2,6-7,10,13H,3-5H2,(H,23,26)(H,24,25)/t6-,7-,10-,13-/m0/s1. The van der Waals surface area contributed by atoms with E-state index in [1.807, 2.05) is 0 Å². The molecule has 0 radical (unpaired) electrons. The van der Waals surface area contributed by atoms with Gasteiger partial charge < -0.3 is 15.4 Å². The van der Waals surface area contributed by atoms with E-state index in [0.717, 1.165) is 12.1 Å². The number of cyclic esters (lactones) is 1. The molecule has 1 aliphatic carbocycles. The topological polar surface area (TPSA) is 67.4 Å². The van der Waals surface area contributed by atoms with E-state index in [4.69, 9.17) is 16.3 Å². The van der Waals surface area contributed by atoms with E-state index in [1.54, 1.807) is 0 Å². The molecule has 3 rings (SSSR count). The molecule has 1 aromatic rings. The largest absolute Gasteiger partial charge is 0.434 e. The Kier molecular flexibility index (Phi) is 5.20. The van der Waals surface area contributed by atoms with Crippen LogP contribution in [-0.4, -0.2) is 30.8 Å². The second-order valence-electron chi connectivity index (χ2n) is 6.50. The maximum absolute atomic E-state index is 14.4. The summed E-state index contributed by atoms with van der Waals surface area (Å²) in [4.78, 5) is 23.3. The molecular weight excluding hydrogens is 399 g/mol. The van der Waals surface area contributed by atoms with Crippen molar-refractivity contribution >= 4 is 23.6 Å². The first-order valence-corrected chi connectivity index (χ1v) is 8.40. The van der Waals surface area contributed by atoms with Gasteiger partial charge in [-0.2, -0.15) is 13.2 Å². The van der Waals surface area contributed by atoms with Crippen LogP contribution >= 0.6 is 11.6 Å². The van der Waals surface area contributed by atoms with Gasteiger partial charge in [0.15, 0.2) is 6.10 Å². The highest BCUT2D eigenvalue weighted by molar-refractivity contribution is 6.31.